The van der Waals surface area contributed by atoms with Gasteiger partial charge in [-0.2, -0.15) is 13.2 Å². The van der Waals surface area contributed by atoms with Crippen molar-refractivity contribution in [1.82, 2.24) is 4.98 Å². The van der Waals surface area contributed by atoms with Crippen LogP contribution in [0.15, 0.2) is 42.5 Å². The number of methoxy groups -OCH3 is 1. The third-order valence-electron chi connectivity index (χ3n) is 4.33. The Bertz CT molecular complexity index is 966. The molecule has 26 heavy (non-hydrogen) atoms. The van der Waals surface area contributed by atoms with Gasteiger partial charge in [-0.25, -0.2) is 4.98 Å². The minimum Gasteiger partial charge on any atom is -0.497 e. The van der Waals surface area contributed by atoms with Crippen molar-refractivity contribution in [2.24, 2.45) is 0 Å². The number of hydrogen-bond acceptors (Lipinski definition) is 4. The number of halogens is 3. The van der Waals surface area contributed by atoms with Crippen LogP contribution in [-0.2, 0) is 19.0 Å². The van der Waals surface area contributed by atoms with Crippen LogP contribution in [0.2, 0.25) is 0 Å². The number of alkyl halides is 3. The summed E-state index contributed by atoms with van der Waals surface area (Å²) in [7, 11) is 1.63. The molecule has 3 nitrogen and oxygen atoms in total. The molecule has 1 aliphatic carbocycles. The number of fused-ring (bicyclic) bond motifs is 3. The maximum atomic E-state index is 12.9. The number of hydrogen-bond donors (Lipinski definition) is 1. The molecule has 0 saturated heterocycles. The quantitative estimate of drug-likeness (QED) is 0.639. The minimum atomic E-state index is -4.36. The molecule has 0 saturated carbocycles. The third kappa shape index (κ3) is 3.14. The SMILES string of the molecule is COc1ccc2c(c1)CCc1sc(Nc3cccc(C(F)(F)F)c3)nc1-2. The highest BCUT2D eigenvalue weighted by Gasteiger charge is 2.30. The second kappa shape index (κ2) is 6.32. The molecular weight excluding hydrogens is 361 g/mol. The summed E-state index contributed by atoms with van der Waals surface area (Å²) in [6.07, 6.45) is -2.61. The molecule has 0 aliphatic heterocycles. The lowest BCUT2D eigenvalue weighted by Gasteiger charge is -2.15. The van der Waals surface area contributed by atoms with Crippen LogP contribution in [0.4, 0.5) is 24.0 Å². The number of benzene rings is 2. The van der Waals surface area contributed by atoms with Crippen LogP contribution in [-0.4, -0.2) is 12.1 Å². The second-order valence-corrected chi connectivity index (χ2v) is 7.10. The fourth-order valence-electron chi connectivity index (χ4n) is 3.06. The van der Waals surface area contributed by atoms with Gasteiger partial charge in [-0.3, -0.25) is 0 Å². The Hall–Kier alpha value is -2.54. The molecule has 0 spiro atoms. The lowest BCUT2D eigenvalue weighted by Crippen LogP contribution is -2.05. The van der Waals surface area contributed by atoms with Crippen molar-refractivity contribution in [3.8, 4) is 17.0 Å². The van der Waals surface area contributed by atoms with Crippen molar-refractivity contribution in [2.45, 2.75) is 19.0 Å². The number of aromatic nitrogens is 1. The van der Waals surface area contributed by atoms with E-state index in [4.69, 9.17) is 4.74 Å². The van der Waals surface area contributed by atoms with Gasteiger partial charge in [0.05, 0.1) is 18.4 Å². The van der Waals surface area contributed by atoms with Gasteiger partial charge in [0.2, 0.25) is 0 Å². The predicted molar refractivity (Wildman–Crippen MR) is 96.2 cm³/mol. The highest BCUT2D eigenvalue weighted by atomic mass is 32.1. The summed E-state index contributed by atoms with van der Waals surface area (Å²) in [5, 5.41) is 3.61. The molecule has 1 aliphatic rings. The maximum absolute atomic E-state index is 12.9. The molecule has 0 fully saturated rings. The van der Waals surface area contributed by atoms with E-state index in [2.05, 4.69) is 10.3 Å². The summed E-state index contributed by atoms with van der Waals surface area (Å²) < 4.78 is 43.9. The van der Waals surface area contributed by atoms with Crippen LogP contribution < -0.4 is 10.1 Å². The summed E-state index contributed by atoms with van der Waals surface area (Å²) in [6.45, 7) is 0. The van der Waals surface area contributed by atoms with E-state index < -0.39 is 11.7 Å². The average Bonchev–Trinajstić information content (AvgIpc) is 3.03. The van der Waals surface area contributed by atoms with E-state index in [0.717, 1.165) is 46.9 Å². The summed E-state index contributed by atoms with van der Waals surface area (Å²) in [5.41, 5.74) is 2.82. The first-order valence-electron chi connectivity index (χ1n) is 8.05. The van der Waals surface area contributed by atoms with Gasteiger partial charge >= 0.3 is 6.18 Å². The molecular formula is C19H15F3N2OS. The zero-order chi connectivity index (χ0) is 18.3. The summed E-state index contributed by atoms with van der Waals surface area (Å²) in [4.78, 5) is 5.76. The zero-order valence-electron chi connectivity index (χ0n) is 13.9. The molecule has 1 aromatic heterocycles. The summed E-state index contributed by atoms with van der Waals surface area (Å²) >= 11 is 1.48. The summed E-state index contributed by atoms with van der Waals surface area (Å²) in [5.74, 6) is 0.810. The minimum absolute atomic E-state index is 0.376. The maximum Gasteiger partial charge on any atom is 0.416 e. The fourth-order valence-corrected chi connectivity index (χ4v) is 4.06. The van der Waals surface area contributed by atoms with Crippen LogP contribution in [0.5, 0.6) is 5.75 Å². The molecule has 4 rings (SSSR count). The average molecular weight is 376 g/mol. The third-order valence-corrected chi connectivity index (χ3v) is 5.36. The van der Waals surface area contributed by atoms with Crippen molar-refractivity contribution < 1.29 is 17.9 Å². The van der Waals surface area contributed by atoms with E-state index in [1.165, 1.54) is 23.0 Å². The number of ether oxygens (including phenoxy) is 1. The first-order chi connectivity index (χ1) is 12.4. The molecule has 0 bridgehead atoms. The molecule has 0 unspecified atom stereocenters. The van der Waals surface area contributed by atoms with Gasteiger partial charge in [-0.05, 0) is 54.8 Å². The molecule has 0 atom stereocenters. The monoisotopic (exact) mass is 376 g/mol. The number of nitrogens with one attached hydrogen (secondary N) is 1. The van der Waals surface area contributed by atoms with Crippen LogP contribution in [0.3, 0.4) is 0 Å². The molecule has 1 N–H and O–H groups in total. The highest BCUT2D eigenvalue weighted by molar-refractivity contribution is 7.16. The Kier molecular flexibility index (Phi) is 4.11. The van der Waals surface area contributed by atoms with Gasteiger partial charge in [-0.1, -0.05) is 6.07 Å². The molecule has 1 heterocycles. The Morgan fingerprint density at radius 2 is 1.96 bits per heavy atom. The Balaban J connectivity index is 1.64. The van der Waals surface area contributed by atoms with Crippen LogP contribution in [0.1, 0.15) is 16.0 Å². The van der Waals surface area contributed by atoms with Gasteiger partial charge in [0.1, 0.15) is 5.75 Å². The van der Waals surface area contributed by atoms with Crippen molar-refractivity contribution in [3.63, 3.8) is 0 Å². The number of aryl methyl sites for hydroxylation is 2. The van der Waals surface area contributed by atoms with Crippen molar-refractivity contribution >= 4 is 22.2 Å². The van der Waals surface area contributed by atoms with Crippen LogP contribution in [0.25, 0.3) is 11.3 Å². The van der Waals surface area contributed by atoms with E-state index in [0.29, 0.717) is 10.8 Å². The van der Waals surface area contributed by atoms with Gasteiger partial charge in [0.25, 0.3) is 0 Å². The zero-order valence-corrected chi connectivity index (χ0v) is 14.7. The van der Waals surface area contributed by atoms with E-state index in [1.807, 2.05) is 18.2 Å². The lowest BCUT2D eigenvalue weighted by molar-refractivity contribution is -0.137. The molecule has 0 amide bonds. The van der Waals surface area contributed by atoms with Crippen molar-refractivity contribution in [2.75, 3.05) is 12.4 Å². The number of anilines is 2. The Labute approximate surface area is 152 Å². The smallest absolute Gasteiger partial charge is 0.416 e. The lowest BCUT2D eigenvalue weighted by atomic mass is 9.93. The van der Waals surface area contributed by atoms with E-state index in [9.17, 15) is 13.2 Å². The molecule has 2 aromatic carbocycles. The summed E-state index contributed by atoms with van der Waals surface area (Å²) in [6, 6.07) is 11.0. The van der Waals surface area contributed by atoms with Gasteiger partial charge < -0.3 is 10.1 Å². The number of thiazole rings is 1. The first-order valence-corrected chi connectivity index (χ1v) is 8.87. The second-order valence-electron chi connectivity index (χ2n) is 6.02. The van der Waals surface area contributed by atoms with Gasteiger partial charge in [0, 0.05) is 16.1 Å². The first kappa shape index (κ1) is 16.9. The van der Waals surface area contributed by atoms with Crippen LogP contribution in [0, 0.1) is 0 Å². The topological polar surface area (TPSA) is 34.1 Å². The van der Waals surface area contributed by atoms with Crippen molar-refractivity contribution in [1.29, 1.82) is 0 Å². The largest absolute Gasteiger partial charge is 0.497 e. The van der Waals surface area contributed by atoms with Crippen molar-refractivity contribution in [3.05, 3.63) is 58.5 Å². The highest BCUT2D eigenvalue weighted by Crippen LogP contribution is 2.40. The van der Waals surface area contributed by atoms with Gasteiger partial charge in [0.15, 0.2) is 5.13 Å². The fraction of sp³-hybridized carbons (Fsp3) is 0.211. The normalized spacial score (nSPS) is 13.1. The van der Waals surface area contributed by atoms with E-state index >= 15 is 0 Å². The molecule has 7 heteroatoms. The molecule has 0 radical (unpaired) electrons. The number of nitrogens with zero attached hydrogens (tertiary/aromatic N) is 1. The Morgan fingerprint density at radius 3 is 2.73 bits per heavy atom. The number of rotatable bonds is 3. The van der Waals surface area contributed by atoms with E-state index in [1.54, 1.807) is 13.2 Å². The van der Waals surface area contributed by atoms with E-state index in [-0.39, 0.29) is 0 Å². The standard InChI is InChI=1S/C19H15F3N2OS/c1-25-14-6-7-15-11(9-14)5-8-16-17(15)24-18(26-16)23-13-4-2-3-12(10-13)19(20,21)22/h2-4,6-7,9-10H,5,8H2,1H3,(H,23,24). The predicted octanol–water partition coefficient (Wildman–Crippen LogP) is 5.68. The Morgan fingerprint density at radius 1 is 1.12 bits per heavy atom. The van der Waals surface area contributed by atoms with Gasteiger partial charge in [-0.15, -0.1) is 11.3 Å². The molecule has 134 valence electrons. The molecule has 3 aromatic rings. The van der Waals surface area contributed by atoms with Crippen LogP contribution >= 0.6 is 11.3 Å².